The van der Waals surface area contributed by atoms with E-state index in [-0.39, 0.29) is 25.2 Å². The van der Waals surface area contributed by atoms with Gasteiger partial charge in [-0.15, -0.1) is 0 Å². The number of likely N-dealkylation sites (tertiary alicyclic amines) is 1. The molecule has 1 aromatic rings. The second kappa shape index (κ2) is 13.1. The Bertz CT molecular complexity index is 840. The van der Waals surface area contributed by atoms with Crippen LogP contribution in [-0.4, -0.2) is 103 Å². The van der Waals surface area contributed by atoms with E-state index in [4.69, 9.17) is 9.47 Å². The van der Waals surface area contributed by atoms with Crippen molar-refractivity contribution in [3.63, 3.8) is 0 Å². The van der Waals surface area contributed by atoms with Gasteiger partial charge in [-0.05, 0) is 50.5 Å². The van der Waals surface area contributed by atoms with E-state index in [1.54, 1.807) is 14.2 Å². The monoisotopic (exact) mass is 503 g/mol. The molecule has 2 aliphatic carbocycles. The third kappa shape index (κ3) is 6.52. The molecule has 0 unspecified atom stereocenters. The van der Waals surface area contributed by atoms with Gasteiger partial charge in [-0.3, -0.25) is 14.6 Å². The number of fused-ring (bicyclic) bond motifs is 1. The van der Waals surface area contributed by atoms with E-state index >= 15 is 0 Å². The van der Waals surface area contributed by atoms with E-state index in [1.165, 1.54) is 25.7 Å². The lowest BCUT2D eigenvalue weighted by Crippen LogP contribution is -2.59. The van der Waals surface area contributed by atoms with Crippen LogP contribution in [0.15, 0.2) is 18.2 Å². The number of amides is 1. The van der Waals surface area contributed by atoms with Gasteiger partial charge in [0.2, 0.25) is 5.91 Å². The van der Waals surface area contributed by atoms with E-state index < -0.39 is 0 Å². The number of aliphatic hydroxyl groups is 2. The molecule has 8 nitrogen and oxygen atoms in total. The Hall–Kier alpha value is -1.87. The maximum Gasteiger partial charge on any atom is 0.241 e. The summed E-state index contributed by atoms with van der Waals surface area (Å²) < 4.78 is 11.1. The molecule has 202 valence electrons. The van der Waals surface area contributed by atoms with Crippen molar-refractivity contribution in [2.24, 2.45) is 5.92 Å². The average Bonchev–Trinajstić information content (AvgIpc) is 3.75. The highest BCUT2D eigenvalue weighted by molar-refractivity contribution is 5.83. The maximum absolute atomic E-state index is 14.4. The number of aliphatic hydroxyl groups excluding tert-OH is 2. The molecule has 1 saturated heterocycles. The molecule has 4 rings (SSSR count). The smallest absolute Gasteiger partial charge is 0.241 e. The Labute approximate surface area is 216 Å². The van der Waals surface area contributed by atoms with Crippen LogP contribution in [0.4, 0.5) is 0 Å². The number of nitrogens with zero attached hydrogens (tertiary/aromatic N) is 3. The molecule has 0 spiro atoms. The highest BCUT2D eigenvalue weighted by atomic mass is 16.5. The molecule has 1 aromatic carbocycles. The summed E-state index contributed by atoms with van der Waals surface area (Å²) in [5, 5.41) is 19.3. The molecule has 1 aliphatic heterocycles. The van der Waals surface area contributed by atoms with Crippen LogP contribution in [-0.2, 0) is 11.3 Å². The lowest BCUT2D eigenvalue weighted by Gasteiger charge is -2.47. The standard InChI is InChI=1S/C28H45N3O5/c1-35-24-12-9-22(27(18-24)36-2)19-31(23-10-11-23)26(20-29(14-16-32)15-17-33)28(34)30-13-5-7-21-6-3-4-8-25(21)30/h9,12,18,21,23,25-26,32-33H,3-8,10-11,13-17,19-20H2,1-2H3/t21-,25+,26-/m1/s1. The van der Waals surface area contributed by atoms with Crippen molar-refractivity contribution in [1.82, 2.24) is 14.7 Å². The Morgan fingerprint density at radius 1 is 1.03 bits per heavy atom. The van der Waals surface area contributed by atoms with Gasteiger partial charge in [0, 0.05) is 56.4 Å². The molecule has 3 aliphatic rings. The summed E-state index contributed by atoms with van der Waals surface area (Å²) in [6.07, 6.45) is 9.28. The van der Waals surface area contributed by atoms with Gasteiger partial charge in [0.25, 0.3) is 0 Å². The average molecular weight is 504 g/mol. The zero-order valence-electron chi connectivity index (χ0n) is 22.1. The molecule has 3 atom stereocenters. The quantitative estimate of drug-likeness (QED) is 0.428. The van der Waals surface area contributed by atoms with E-state index in [0.717, 1.165) is 49.3 Å². The van der Waals surface area contributed by atoms with Crippen molar-refractivity contribution in [1.29, 1.82) is 0 Å². The first-order chi connectivity index (χ1) is 17.6. The normalized spacial score (nSPS) is 23.0. The van der Waals surface area contributed by atoms with Crippen molar-refractivity contribution >= 4 is 5.91 Å². The van der Waals surface area contributed by atoms with Crippen LogP contribution in [0.5, 0.6) is 11.5 Å². The predicted octanol–water partition coefficient (Wildman–Crippen LogP) is 2.50. The van der Waals surface area contributed by atoms with Crippen molar-refractivity contribution < 1.29 is 24.5 Å². The largest absolute Gasteiger partial charge is 0.497 e. The maximum atomic E-state index is 14.4. The first-order valence-electron chi connectivity index (χ1n) is 13.8. The topological polar surface area (TPSA) is 85.7 Å². The molecule has 1 amide bonds. The van der Waals surface area contributed by atoms with Crippen LogP contribution in [0, 0.1) is 5.92 Å². The highest BCUT2D eigenvalue weighted by Crippen LogP contribution is 2.38. The lowest BCUT2D eigenvalue weighted by atomic mass is 9.78. The van der Waals surface area contributed by atoms with E-state index in [1.807, 2.05) is 23.1 Å². The second-order valence-electron chi connectivity index (χ2n) is 10.6. The summed E-state index contributed by atoms with van der Waals surface area (Å²) in [5.41, 5.74) is 1.04. The molecule has 8 heteroatoms. The molecular weight excluding hydrogens is 458 g/mol. The molecular formula is C28H45N3O5. The molecule has 0 radical (unpaired) electrons. The molecule has 1 heterocycles. The number of hydrogen-bond acceptors (Lipinski definition) is 7. The van der Waals surface area contributed by atoms with Crippen LogP contribution in [0.2, 0.25) is 0 Å². The predicted molar refractivity (Wildman–Crippen MR) is 139 cm³/mol. The number of rotatable bonds is 13. The van der Waals surface area contributed by atoms with Crippen molar-refractivity contribution in [2.75, 3.05) is 53.6 Å². The second-order valence-corrected chi connectivity index (χ2v) is 10.6. The minimum atomic E-state index is -0.330. The van der Waals surface area contributed by atoms with Crippen molar-refractivity contribution in [3.05, 3.63) is 23.8 Å². The summed E-state index contributed by atoms with van der Waals surface area (Å²) in [4.78, 5) is 21.0. The first-order valence-corrected chi connectivity index (χ1v) is 13.8. The summed E-state index contributed by atoms with van der Waals surface area (Å²) >= 11 is 0. The summed E-state index contributed by atoms with van der Waals surface area (Å²) in [6.45, 7) is 2.85. The third-order valence-electron chi connectivity index (χ3n) is 8.34. The van der Waals surface area contributed by atoms with Gasteiger partial charge in [-0.2, -0.15) is 0 Å². The Balaban J connectivity index is 1.63. The molecule has 0 bridgehead atoms. The molecule has 0 aromatic heterocycles. The highest BCUT2D eigenvalue weighted by Gasteiger charge is 2.43. The van der Waals surface area contributed by atoms with Crippen LogP contribution in [0.1, 0.15) is 56.9 Å². The molecule has 36 heavy (non-hydrogen) atoms. The Morgan fingerprint density at radius 2 is 1.75 bits per heavy atom. The number of carbonyl (C=O) groups excluding carboxylic acids is 1. The zero-order valence-corrected chi connectivity index (χ0v) is 22.1. The number of methoxy groups -OCH3 is 2. The first kappa shape index (κ1) is 27.2. The number of carbonyl (C=O) groups is 1. The SMILES string of the molecule is COc1ccc(CN(C2CC2)[C@H](CN(CCO)CCO)C(=O)N2CCC[C@H]3CCCC[C@@H]32)c(OC)c1. The fourth-order valence-corrected chi connectivity index (χ4v) is 6.32. The molecule has 2 saturated carbocycles. The van der Waals surface area contributed by atoms with Gasteiger partial charge in [0.15, 0.2) is 0 Å². The molecule has 3 fully saturated rings. The fraction of sp³-hybridized carbons (Fsp3) is 0.750. The van der Waals surface area contributed by atoms with Gasteiger partial charge in [-0.1, -0.05) is 18.9 Å². The number of ether oxygens (including phenoxy) is 2. The van der Waals surface area contributed by atoms with Crippen molar-refractivity contribution in [3.8, 4) is 11.5 Å². The minimum Gasteiger partial charge on any atom is -0.497 e. The van der Waals surface area contributed by atoms with Crippen LogP contribution < -0.4 is 9.47 Å². The third-order valence-corrected chi connectivity index (χ3v) is 8.34. The summed E-state index contributed by atoms with van der Waals surface area (Å²) in [7, 11) is 3.32. The summed E-state index contributed by atoms with van der Waals surface area (Å²) in [6, 6.07) is 6.25. The van der Waals surface area contributed by atoms with Crippen molar-refractivity contribution in [2.45, 2.75) is 76.0 Å². The Kier molecular flexibility index (Phi) is 9.87. The number of hydrogen-bond donors (Lipinski definition) is 2. The minimum absolute atomic E-state index is 0.00502. The Morgan fingerprint density at radius 3 is 2.42 bits per heavy atom. The lowest BCUT2D eigenvalue weighted by molar-refractivity contribution is -0.145. The molecule has 2 N–H and O–H groups in total. The van der Waals surface area contributed by atoms with E-state index in [0.29, 0.717) is 44.2 Å². The van der Waals surface area contributed by atoms with Gasteiger partial charge >= 0.3 is 0 Å². The van der Waals surface area contributed by atoms with E-state index in [2.05, 4.69) is 9.80 Å². The number of piperidine rings is 1. The van der Waals surface area contributed by atoms with Crippen LogP contribution >= 0.6 is 0 Å². The fourth-order valence-electron chi connectivity index (χ4n) is 6.32. The van der Waals surface area contributed by atoms with Gasteiger partial charge in [0.05, 0.1) is 27.4 Å². The number of benzene rings is 1. The van der Waals surface area contributed by atoms with E-state index in [9.17, 15) is 15.0 Å². The van der Waals surface area contributed by atoms with Crippen LogP contribution in [0.3, 0.4) is 0 Å². The van der Waals surface area contributed by atoms with Gasteiger partial charge < -0.3 is 24.6 Å². The van der Waals surface area contributed by atoms with Gasteiger partial charge in [0.1, 0.15) is 17.5 Å². The van der Waals surface area contributed by atoms with Gasteiger partial charge in [-0.25, -0.2) is 0 Å². The van der Waals surface area contributed by atoms with Crippen LogP contribution in [0.25, 0.3) is 0 Å². The zero-order chi connectivity index (χ0) is 25.5. The summed E-state index contributed by atoms with van der Waals surface area (Å²) in [5.74, 6) is 2.35.